The number of hydrogen-bond donors (Lipinski definition) is 1. The lowest BCUT2D eigenvalue weighted by Gasteiger charge is -2.14. The zero-order valence-electron chi connectivity index (χ0n) is 11.2. The minimum absolute atomic E-state index is 0.0394. The van der Waals surface area contributed by atoms with Gasteiger partial charge in [-0.2, -0.15) is 0 Å². The summed E-state index contributed by atoms with van der Waals surface area (Å²) in [6, 6.07) is 1.92. The van der Waals surface area contributed by atoms with Gasteiger partial charge in [0, 0.05) is 26.2 Å². The normalized spacial score (nSPS) is 12.1. The lowest BCUT2D eigenvalue weighted by Crippen LogP contribution is -2.24. The fourth-order valence-corrected chi connectivity index (χ4v) is 2.51. The second kappa shape index (κ2) is 6.40. The molecule has 4 nitrogen and oxygen atoms in total. The second-order valence-electron chi connectivity index (χ2n) is 4.30. The standard InChI is InChI=1S/C12H18F2N2O2S/c1-4-7-15-8-9-10(13)5-6-11(12(9)14)19(17,18)16(2)3/h5-6,15H,4,7-8H2,1-3H3. The zero-order chi connectivity index (χ0) is 14.6. The second-order valence-corrected chi connectivity index (χ2v) is 6.42. The van der Waals surface area contributed by atoms with Crippen LogP contribution in [0.2, 0.25) is 0 Å². The minimum Gasteiger partial charge on any atom is -0.312 e. The number of halogens is 2. The Kier molecular flexibility index (Phi) is 5.39. The molecule has 0 aliphatic rings. The average Bonchev–Trinajstić information content (AvgIpc) is 2.32. The molecule has 1 N–H and O–H groups in total. The molecule has 0 spiro atoms. The average molecular weight is 292 g/mol. The van der Waals surface area contributed by atoms with Crippen molar-refractivity contribution in [2.24, 2.45) is 0 Å². The van der Waals surface area contributed by atoms with Gasteiger partial charge in [0.15, 0.2) is 5.82 Å². The smallest absolute Gasteiger partial charge is 0.245 e. The van der Waals surface area contributed by atoms with E-state index in [1.54, 1.807) is 0 Å². The Labute approximate surface area is 112 Å². The van der Waals surface area contributed by atoms with Crippen molar-refractivity contribution >= 4 is 10.0 Å². The van der Waals surface area contributed by atoms with Crippen molar-refractivity contribution < 1.29 is 17.2 Å². The first-order valence-corrected chi connectivity index (χ1v) is 7.36. The van der Waals surface area contributed by atoms with Crippen LogP contribution < -0.4 is 5.32 Å². The van der Waals surface area contributed by atoms with E-state index in [-0.39, 0.29) is 12.1 Å². The maximum Gasteiger partial charge on any atom is 0.245 e. The fraction of sp³-hybridized carbons (Fsp3) is 0.500. The fourth-order valence-electron chi connectivity index (χ4n) is 1.52. The van der Waals surface area contributed by atoms with E-state index < -0.39 is 26.6 Å². The molecule has 0 aliphatic heterocycles. The number of hydrogen-bond acceptors (Lipinski definition) is 3. The first-order chi connectivity index (χ1) is 8.82. The van der Waals surface area contributed by atoms with Gasteiger partial charge in [-0.05, 0) is 25.1 Å². The van der Waals surface area contributed by atoms with Gasteiger partial charge in [0.1, 0.15) is 10.7 Å². The van der Waals surface area contributed by atoms with Crippen LogP contribution in [0.25, 0.3) is 0 Å². The van der Waals surface area contributed by atoms with Crippen molar-refractivity contribution in [1.29, 1.82) is 0 Å². The molecule has 0 saturated carbocycles. The SMILES string of the molecule is CCCNCc1c(F)ccc(S(=O)(=O)N(C)C)c1F. The van der Waals surface area contributed by atoms with Gasteiger partial charge in [-0.1, -0.05) is 6.92 Å². The molecule has 0 atom stereocenters. The van der Waals surface area contributed by atoms with Crippen molar-refractivity contribution in [3.8, 4) is 0 Å². The van der Waals surface area contributed by atoms with Crippen LogP contribution in [-0.2, 0) is 16.6 Å². The first kappa shape index (κ1) is 16.0. The summed E-state index contributed by atoms with van der Waals surface area (Å²) >= 11 is 0. The van der Waals surface area contributed by atoms with Gasteiger partial charge in [-0.15, -0.1) is 0 Å². The van der Waals surface area contributed by atoms with Gasteiger partial charge in [0.25, 0.3) is 0 Å². The van der Waals surface area contributed by atoms with E-state index in [2.05, 4.69) is 5.32 Å². The van der Waals surface area contributed by atoms with Gasteiger partial charge in [-0.3, -0.25) is 0 Å². The number of nitrogens with zero attached hydrogens (tertiary/aromatic N) is 1. The molecule has 7 heteroatoms. The van der Waals surface area contributed by atoms with Crippen LogP contribution >= 0.6 is 0 Å². The molecule has 0 bridgehead atoms. The Morgan fingerprint density at radius 3 is 2.42 bits per heavy atom. The maximum atomic E-state index is 14.1. The van der Waals surface area contributed by atoms with E-state index in [1.165, 1.54) is 14.1 Å². The molecule has 0 saturated heterocycles. The lowest BCUT2D eigenvalue weighted by molar-refractivity contribution is 0.491. The maximum absolute atomic E-state index is 14.1. The molecule has 1 rings (SSSR count). The van der Waals surface area contributed by atoms with E-state index in [4.69, 9.17) is 0 Å². The molecule has 19 heavy (non-hydrogen) atoms. The summed E-state index contributed by atoms with van der Waals surface area (Å²) in [6.07, 6.45) is 0.818. The molecule has 1 aromatic carbocycles. The molecule has 0 unspecified atom stereocenters. The van der Waals surface area contributed by atoms with E-state index in [1.807, 2.05) is 6.92 Å². The highest BCUT2D eigenvalue weighted by atomic mass is 32.2. The predicted octanol–water partition coefficient (Wildman–Crippen LogP) is 1.71. The Morgan fingerprint density at radius 1 is 1.26 bits per heavy atom. The minimum atomic E-state index is -3.91. The van der Waals surface area contributed by atoms with Crippen molar-refractivity contribution in [1.82, 2.24) is 9.62 Å². The van der Waals surface area contributed by atoms with Crippen LogP contribution in [0.4, 0.5) is 8.78 Å². The molecule has 0 aliphatic carbocycles. The van der Waals surface area contributed by atoms with Crippen molar-refractivity contribution in [2.75, 3.05) is 20.6 Å². The summed E-state index contributed by atoms with van der Waals surface area (Å²) in [5.41, 5.74) is -0.253. The Morgan fingerprint density at radius 2 is 1.89 bits per heavy atom. The van der Waals surface area contributed by atoms with Gasteiger partial charge >= 0.3 is 0 Å². The van der Waals surface area contributed by atoms with E-state index in [0.717, 1.165) is 22.9 Å². The van der Waals surface area contributed by atoms with Gasteiger partial charge in [-0.25, -0.2) is 21.5 Å². The molecule has 0 heterocycles. The molecular weight excluding hydrogens is 274 g/mol. The van der Waals surface area contributed by atoms with Crippen molar-refractivity contribution in [3.63, 3.8) is 0 Å². The van der Waals surface area contributed by atoms with Crippen LogP contribution in [-0.4, -0.2) is 33.4 Å². The zero-order valence-corrected chi connectivity index (χ0v) is 12.0. The summed E-state index contributed by atoms with van der Waals surface area (Å²) in [7, 11) is -1.32. The summed E-state index contributed by atoms with van der Waals surface area (Å²) in [6.45, 7) is 2.48. The Balaban J connectivity index is 3.21. The van der Waals surface area contributed by atoms with Crippen LogP contribution in [0.15, 0.2) is 17.0 Å². The molecule has 0 aromatic heterocycles. The van der Waals surface area contributed by atoms with E-state index in [0.29, 0.717) is 6.54 Å². The summed E-state index contributed by atoms with van der Waals surface area (Å²) in [4.78, 5) is -0.507. The highest BCUT2D eigenvalue weighted by molar-refractivity contribution is 7.89. The van der Waals surface area contributed by atoms with Crippen LogP contribution in [0.3, 0.4) is 0 Å². The summed E-state index contributed by atoms with van der Waals surface area (Å²) < 4.78 is 52.4. The van der Waals surface area contributed by atoms with Crippen LogP contribution in [0.5, 0.6) is 0 Å². The number of rotatable bonds is 6. The highest BCUT2D eigenvalue weighted by Gasteiger charge is 2.25. The molecule has 0 amide bonds. The van der Waals surface area contributed by atoms with Gasteiger partial charge in [0.2, 0.25) is 10.0 Å². The van der Waals surface area contributed by atoms with E-state index in [9.17, 15) is 17.2 Å². The third kappa shape index (κ3) is 3.49. The first-order valence-electron chi connectivity index (χ1n) is 5.92. The largest absolute Gasteiger partial charge is 0.312 e. The van der Waals surface area contributed by atoms with Gasteiger partial charge in [0.05, 0.1) is 0 Å². The van der Waals surface area contributed by atoms with Crippen LogP contribution in [0, 0.1) is 11.6 Å². The predicted molar refractivity (Wildman–Crippen MR) is 69.2 cm³/mol. The van der Waals surface area contributed by atoms with E-state index >= 15 is 0 Å². The lowest BCUT2D eigenvalue weighted by atomic mass is 10.2. The van der Waals surface area contributed by atoms with Crippen molar-refractivity contribution in [2.45, 2.75) is 24.8 Å². The molecule has 0 fully saturated rings. The van der Waals surface area contributed by atoms with Crippen LogP contribution in [0.1, 0.15) is 18.9 Å². The third-order valence-electron chi connectivity index (χ3n) is 2.64. The molecule has 0 radical (unpaired) electrons. The molecule has 1 aromatic rings. The van der Waals surface area contributed by atoms with Gasteiger partial charge < -0.3 is 5.32 Å². The summed E-state index contributed by atoms with van der Waals surface area (Å²) in [5.74, 6) is -1.78. The monoisotopic (exact) mass is 292 g/mol. The van der Waals surface area contributed by atoms with Crippen molar-refractivity contribution in [3.05, 3.63) is 29.3 Å². The number of nitrogens with one attached hydrogen (secondary N) is 1. The molecular formula is C12H18F2N2O2S. The Hall–Kier alpha value is -1.05. The Bertz CT molecular complexity index is 545. The molecule has 108 valence electrons. The number of benzene rings is 1. The quantitative estimate of drug-likeness (QED) is 0.812. The topological polar surface area (TPSA) is 49.4 Å². The summed E-state index contributed by atoms with van der Waals surface area (Å²) in [5, 5.41) is 2.85. The highest BCUT2D eigenvalue weighted by Crippen LogP contribution is 2.22. The third-order valence-corrected chi connectivity index (χ3v) is 4.47. The number of sulfonamides is 1.